The highest BCUT2D eigenvalue weighted by Crippen LogP contribution is 2.27. The zero-order chi connectivity index (χ0) is 14.9. The summed E-state index contributed by atoms with van der Waals surface area (Å²) >= 11 is 3.30. The van der Waals surface area contributed by atoms with Gasteiger partial charge in [0.1, 0.15) is 0 Å². The van der Waals surface area contributed by atoms with Crippen molar-refractivity contribution in [2.75, 3.05) is 13.2 Å². The zero-order valence-electron chi connectivity index (χ0n) is 11.5. The van der Waals surface area contributed by atoms with Crippen LogP contribution in [0.3, 0.4) is 0 Å². The lowest BCUT2D eigenvalue weighted by atomic mass is 9.90. The summed E-state index contributed by atoms with van der Waals surface area (Å²) in [4.78, 5) is 0.286. The highest BCUT2D eigenvalue weighted by atomic mass is 79.9. The topological polar surface area (TPSA) is 64.6 Å². The Morgan fingerprint density at radius 2 is 1.71 bits per heavy atom. The maximum Gasteiger partial charge on any atom is 0.240 e. The van der Waals surface area contributed by atoms with E-state index in [1.54, 1.807) is 24.3 Å². The minimum Gasteiger partial charge on any atom is -0.373 e. The summed E-state index contributed by atoms with van der Waals surface area (Å²) < 4.78 is 39.7. The fourth-order valence-electron chi connectivity index (χ4n) is 2.87. The highest BCUT2D eigenvalue weighted by Gasteiger charge is 2.35. The van der Waals surface area contributed by atoms with E-state index in [0.29, 0.717) is 19.6 Å². The van der Waals surface area contributed by atoms with E-state index in [1.807, 2.05) is 0 Å². The maximum atomic E-state index is 12.4. The molecule has 3 unspecified atom stereocenters. The number of nitrogens with one attached hydrogen (secondary N) is 1. The molecule has 2 fully saturated rings. The van der Waals surface area contributed by atoms with E-state index in [2.05, 4.69) is 20.7 Å². The Balaban J connectivity index is 1.67. The first-order valence-corrected chi connectivity index (χ1v) is 9.33. The average Bonchev–Trinajstić information content (AvgIpc) is 2.47. The van der Waals surface area contributed by atoms with Crippen LogP contribution in [-0.2, 0) is 19.5 Å². The number of hydrogen-bond donors (Lipinski definition) is 1. The number of sulfonamides is 1. The Kier molecular flexibility index (Phi) is 4.66. The fraction of sp³-hybridized carbons (Fsp3) is 0.571. The van der Waals surface area contributed by atoms with Crippen LogP contribution in [0.25, 0.3) is 0 Å². The minimum absolute atomic E-state index is 0.00474. The molecule has 3 atom stereocenters. The first-order valence-electron chi connectivity index (χ1n) is 7.06. The van der Waals surface area contributed by atoms with Gasteiger partial charge in [0.25, 0.3) is 0 Å². The van der Waals surface area contributed by atoms with Crippen LogP contribution in [0.15, 0.2) is 33.6 Å². The summed E-state index contributed by atoms with van der Waals surface area (Å²) in [6, 6.07) is 6.55. The van der Waals surface area contributed by atoms with E-state index in [9.17, 15) is 8.42 Å². The van der Waals surface area contributed by atoms with Crippen LogP contribution in [0, 0.1) is 0 Å². The third-order valence-corrected chi connectivity index (χ3v) is 5.99. The second-order valence-corrected chi connectivity index (χ2v) is 8.03. The van der Waals surface area contributed by atoms with Crippen LogP contribution in [0.1, 0.15) is 19.3 Å². The lowest BCUT2D eigenvalue weighted by Gasteiger charge is -2.38. The van der Waals surface area contributed by atoms with Crippen molar-refractivity contribution in [3.63, 3.8) is 0 Å². The highest BCUT2D eigenvalue weighted by molar-refractivity contribution is 9.10. The molecule has 5 nitrogen and oxygen atoms in total. The van der Waals surface area contributed by atoms with Crippen molar-refractivity contribution in [2.24, 2.45) is 0 Å². The van der Waals surface area contributed by atoms with Crippen molar-refractivity contribution in [1.82, 2.24) is 4.72 Å². The second kappa shape index (κ2) is 6.34. The predicted molar refractivity (Wildman–Crippen MR) is 81.6 cm³/mol. The van der Waals surface area contributed by atoms with Gasteiger partial charge in [-0.2, -0.15) is 0 Å². The van der Waals surface area contributed by atoms with Crippen molar-refractivity contribution < 1.29 is 17.9 Å². The van der Waals surface area contributed by atoms with E-state index >= 15 is 0 Å². The number of fused-ring (bicyclic) bond motifs is 1. The molecule has 1 saturated heterocycles. The molecule has 1 aromatic rings. The molecule has 21 heavy (non-hydrogen) atoms. The third kappa shape index (κ3) is 3.65. The lowest BCUT2D eigenvalue weighted by Crippen LogP contribution is -2.49. The molecule has 1 aromatic carbocycles. The zero-order valence-corrected chi connectivity index (χ0v) is 13.9. The first-order chi connectivity index (χ1) is 10.0. The molecule has 0 spiro atoms. The van der Waals surface area contributed by atoms with E-state index in [0.717, 1.165) is 17.3 Å². The molecule has 0 amide bonds. The van der Waals surface area contributed by atoms with Crippen LogP contribution in [-0.4, -0.2) is 39.9 Å². The van der Waals surface area contributed by atoms with E-state index in [4.69, 9.17) is 9.47 Å². The van der Waals surface area contributed by atoms with Crippen molar-refractivity contribution in [2.45, 2.75) is 42.4 Å². The maximum absolute atomic E-state index is 12.4. The summed E-state index contributed by atoms with van der Waals surface area (Å²) in [6.07, 6.45) is 2.40. The monoisotopic (exact) mass is 375 g/mol. The molecule has 1 N–H and O–H groups in total. The third-order valence-electron chi connectivity index (χ3n) is 3.92. The standard InChI is InChI=1S/C14H18BrNO4S/c15-10-1-4-12(5-2-10)21(17,18)16-11-3-6-13-14(9-11)20-8-7-19-13/h1-2,4-5,11,13-14,16H,3,6-9H2. The Hall–Kier alpha value is -0.470. The molecular weight excluding hydrogens is 358 g/mol. The van der Waals surface area contributed by atoms with Crippen LogP contribution in [0.4, 0.5) is 0 Å². The van der Waals surface area contributed by atoms with E-state index in [-0.39, 0.29) is 23.1 Å². The molecule has 1 aliphatic heterocycles. The normalized spacial score (nSPS) is 29.9. The summed E-state index contributed by atoms with van der Waals surface area (Å²) in [5.74, 6) is 0. The SMILES string of the molecule is O=S(=O)(NC1CCC2OCCOC2C1)c1ccc(Br)cc1. The minimum atomic E-state index is -3.48. The van der Waals surface area contributed by atoms with Gasteiger partial charge in [0.15, 0.2) is 0 Å². The van der Waals surface area contributed by atoms with Gasteiger partial charge < -0.3 is 9.47 Å². The lowest BCUT2D eigenvalue weighted by molar-refractivity contribution is -0.156. The summed E-state index contributed by atoms with van der Waals surface area (Å²) in [5.41, 5.74) is 0. The molecule has 1 saturated carbocycles. The molecule has 0 bridgehead atoms. The Morgan fingerprint density at radius 3 is 2.43 bits per heavy atom. The van der Waals surface area contributed by atoms with Gasteiger partial charge in [-0.25, -0.2) is 13.1 Å². The molecule has 0 aromatic heterocycles. The van der Waals surface area contributed by atoms with Crippen molar-refractivity contribution in [3.05, 3.63) is 28.7 Å². The van der Waals surface area contributed by atoms with Gasteiger partial charge in [-0.3, -0.25) is 0 Å². The Bertz CT molecular complexity index is 589. The molecule has 1 heterocycles. The van der Waals surface area contributed by atoms with Gasteiger partial charge in [-0.15, -0.1) is 0 Å². The van der Waals surface area contributed by atoms with Gasteiger partial charge in [-0.1, -0.05) is 15.9 Å². The van der Waals surface area contributed by atoms with Crippen LogP contribution in [0.2, 0.25) is 0 Å². The molecule has 1 aliphatic carbocycles. The predicted octanol–water partition coefficient (Wildman–Crippen LogP) is 2.06. The number of halogens is 1. The van der Waals surface area contributed by atoms with Crippen molar-refractivity contribution in [1.29, 1.82) is 0 Å². The van der Waals surface area contributed by atoms with Crippen molar-refractivity contribution in [3.8, 4) is 0 Å². The average molecular weight is 376 g/mol. The van der Waals surface area contributed by atoms with Crippen LogP contribution >= 0.6 is 15.9 Å². The Labute approximate surface area is 133 Å². The van der Waals surface area contributed by atoms with Gasteiger partial charge in [-0.05, 0) is 43.5 Å². The smallest absolute Gasteiger partial charge is 0.240 e. The van der Waals surface area contributed by atoms with Gasteiger partial charge >= 0.3 is 0 Å². The summed E-state index contributed by atoms with van der Waals surface area (Å²) in [7, 11) is -3.48. The van der Waals surface area contributed by atoms with Crippen LogP contribution in [0.5, 0.6) is 0 Å². The number of hydrogen-bond acceptors (Lipinski definition) is 4. The summed E-state index contributed by atoms with van der Waals surface area (Å²) in [6.45, 7) is 1.23. The van der Waals surface area contributed by atoms with Gasteiger partial charge in [0, 0.05) is 10.5 Å². The molecule has 116 valence electrons. The first kappa shape index (κ1) is 15.4. The number of benzene rings is 1. The van der Waals surface area contributed by atoms with Crippen LogP contribution < -0.4 is 4.72 Å². The van der Waals surface area contributed by atoms with Gasteiger partial charge in [0.2, 0.25) is 10.0 Å². The Morgan fingerprint density at radius 1 is 1.05 bits per heavy atom. The largest absolute Gasteiger partial charge is 0.373 e. The molecule has 2 aliphatic rings. The van der Waals surface area contributed by atoms with Gasteiger partial charge in [0.05, 0.1) is 30.3 Å². The van der Waals surface area contributed by atoms with E-state index in [1.165, 1.54) is 0 Å². The fourth-order valence-corrected chi connectivity index (χ4v) is 4.42. The molecule has 3 rings (SSSR count). The summed E-state index contributed by atoms with van der Waals surface area (Å²) in [5, 5.41) is 0. The number of rotatable bonds is 3. The molecule has 7 heteroatoms. The number of ether oxygens (including phenoxy) is 2. The molecule has 0 radical (unpaired) electrons. The molecular formula is C14H18BrNO4S. The van der Waals surface area contributed by atoms with E-state index < -0.39 is 10.0 Å². The quantitative estimate of drug-likeness (QED) is 0.877. The van der Waals surface area contributed by atoms with Crippen molar-refractivity contribution >= 4 is 26.0 Å². The second-order valence-electron chi connectivity index (χ2n) is 5.40.